The summed E-state index contributed by atoms with van der Waals surface area (Å²) in [5, 5.41) is 5.84. The maximum Gasteiger partial charge on any atom is 0.274 e. The lowest BCUT2D eigenvalue weighted by Gasteiger charge is -2.12. The summed E-state index contributed by atoms with van der Waals surface area (Å²) in [6.45, 7) is 3.93. The number of nitrogens with one attached hydrogen (secondary N) is 2. The third-order valence-electron chi connectivity index (χ3n) is 2.97. The van der Waals surface area contributed by atoms with Crippen molar-refractivity contribution in [1.82, 2.24) is 4.98 Å². The Morgan fingerprint density at radius 3 is 2.45 bits per heavy atom. The molecule has 2 N–H and O–H groups in total. The number of carbonyl (C=O) groups is 1. The Kier molecular flexibility index (Phi) is 4.39. The zero-order valence-corrected chi connectivity index (χ0v) is 13.2. The van der Waals surface area contributed by atoms with E-state index in [9.17, 15) is 4.79 Å². The number of anilines is 2. The molecule has 5 heteroatoms. The molecule has 1 aromatic heterocycles. The number of hydrogen-bond acceptors (Lipinski definition) is 3. The van der Waals surface area contributed by atoms with Gasteiger partial charge in [0.25, 0.3) is 5.91 Å². The first-order valence-corrected chi connectivity index (χ1v) is 7.03. The van der Waals surface area contributed by atoms with Gasteiger partial charge in [-0.2, -0.15) is 0 Å². The van der Waals surface area contributed by atoms with E-state index in [1.54, 1.807) is 19.2 Å². The Bertz CT molecular complexity index is 632. The molecule has 2 aromatic rings. The topological polar surface area (TPSA) is 54.0 Å². The van der Waals surface area contributed by atoms with E-state index >= 15 is 0 Å². The van der Waals surface area contributed by atoms with Gasteiger partial charge in [-0.3, -0.25) is 4.79 Å². The van der Waals surface area contributed by atoms with Gasteiger partial charge < -0.3 is 10.6 Å². The highest BCUT2D eigenvalue weighted by atomic mass is 79.9. The molecule has 0 bridgehead atoms. The number of hydrogen-bond donors (Lipinski definition) is 2. The summed E-state index contributed by atoms with van der Waals surface area (Å²) in [6.07, 6.45) is 0. The molecule has 0 aliphatic heterocycles. The van der Waals surface area contributed by atoms with Gasteiger partial charge in [-0.25, -0.2) is 4.98 Å². The number of pyridine rings is 1. The number of aromatic nitrogens is 1. The molecule has 0 saturated carbocycles. The second kappa shape index (κ2) is 6.05. The molecule has 20 heavy (non-hydrogen) atoms. The van der Waals surface area contributed by atoms with Crippen molar-refractivity contribution in [2.75, 3.05) is 17.7 Å². The predicted molar refractivity (Wildman–Crippen MR) is 85.4 cm³/mol. The molecule has 2 rings (SSSR count). The zero-order chi connectivity index (χ0) is 14.7. The van der Waals surface area contributed by atoms with Crippen molar-refractivity contribution in [3.8, 4) is 0 Å². The minimum atomic E-state index is -0.212. The monoisotopic (exact) mass is 333 g/mol. The van der Waals surface area contributed by atoms with Crippen molar-refractivity contribution in [3.63, 3.8) is 0 Å². The smallest absolute Gasteiger partial charge is 0.274 e. The zero-order valence-electron chi connectivity index (χ0n) is 11.6. The summed E-state index contributed by atoms with van der Waals surface area (Å²) in [5.41, 5.74) is 3.23. The van der Waals surface area contributed by atoms with Crippen LogP contribution in [-0.4, -0.2) is 17.9 Å². The maximum atomic E-state index is 12.3. The van der Waals surface area contributed by atoms with E-state index in [0.29, 0.717) is 11.5 Å². The molecule has 0 saturated heterocycles. The number of rotatable bonds is 3. The molecule has 0 unspecified atom stereocenters. The van der Waals surface area contributed by atoms with Crippen LogP contribution in [-0.2, 0) is 0 Å². The number of carbonyl (C=O) groups excluding carboxylic acids is 1. The summed E-state index contributed by atoms with van der Waals surface area (Å²) < 4.78 is 1.00. The molecule has 1 aromatic carbocycles. The number of aryl methyl sites for hydroxylation is 2. The van der Waals surface area contributed by atoms with Crippen LogP contribution in [0.1, 0.15) is 21.6 Å². The molecule has 4 nitrogen and oxygen atoms in total. The fourth-order valence-electron chi connectivity index (χ4n) is 1.99. The molecule has 0 aliphatic rings. The summed E-state index contributed by atoms with van der Waals surface area (Å²) >= 11 is 3.44. The van der Waals surface area contributed by atoms with Gasteiger partial charge in [-0.15, -0.1) is 0 Å². The number of benzene rings is 1. The van der Waals surface area contributed by atoms with Crippen molar-refractivity contribution in [1.29, 1.82) is 0 Å². The van der Waals surface area contributed by atoms with Crippen LogP contribution in [0.4, 0.5) is 11.5 Å². The highest BCUT2D eigenvalue weighted by Gasteiger charge is 2.12. The van der Waals surface area contributed by atoms with Gasteiger partial charge in [0.05, 0.1) is 0 Å². The third kappa shape index (κ3) is 3.17. The van der Waals surface area contributed by atoms with E-state index in [1.165, 1.54) is 0 Å². The Morgan fingerprint density at radius 2 is 1.85 bits per heavy atom. The van der Waals surface area contributed by atoms with Gasteiger partial charge in [0, 0.05) is 17.2 Å². The van der Waals surface area contributed by atoms with Gasteiger partial charge in [0.2, 0.25) is 0 Å². The van der Waals surface area contributed by atoms with Crippen LogP contribution < -0.4 is 10.6 Å². The van der Waals surface area contributed by atoms with Crippen LogP contribution >= 0.6 is 15.9 Å². The van der Waals surface area contributed by atoms with E-state index in [4.69, 9.17) is 0 Å². The first kappa shape index (κ1) is 14.5. The fourth-order valence-corrected chi connectivity index (χ4v) is 2.67. The third-order valence-corrected chi connectivity index (χ3v) is 3.43. The SMILES string of the molecule is CNc1cccc(C(=O)Nc2c(C)cc(Br)cc2C)n1. The largest absolute Gasteiger partial charge is 0.373 e. The summed E-state index contributed by atoms with van der Waals surface area (Å²) in [5.74, 6) is 0.456. The second-order valence-electron chi connectivity index (χ2n) is 4.53. The molecule has 0 aliphatic carbocycles. The predicted octanol–water partition coefficient (Wildman–Crippen LogP) is 3.75. The lowest BCUT2D eigenvalue weighted by Crippen LogP contribution is -2.15. The Morgan fingerprint density at radius 1 is 1.20 bits per heavy atom. The summed E-state index contributed by atoms with van der Waals surface area (Å²) in [7, 11) is 1.77. The minimum absolute atomic E-state index is 0.212. The van der Waals surface area contributed by atoms with Crippen molar-refractivity contribution in [3.05, 3.63) is 51.6 Å². The maximum absolute atomic E-state index is 12.3. The molecule has 1 heterocycles. The molecule has 0 spiro atoms. The normalized spacial score (nSPS) is 10.2. The Labute approximate surface area is 126 Å². The highest BCUT2D eigenvalue weighted by molar-refractivity contribution is 9.10. The van der Waals surface area contributed by atoms with E-state index in [0.717, 1.165) is 21.3 Å². The molecule has 104 valence electrons. The van der Waals surface area contributed by atoms with Gasteiger partial charge in [-0.05, 0) is 49.2 Å². The quantitative estimate of drug-likeness (QED) is 0.899. The summed E-state index contributed by atoms with van der Waals surface area (Å²) in [6, 6.07) is 9.25. The van der Waals surface area contributed by atoms with Crippen LogP contribution in [0.25, 0.3) is 0 Å². The fraction of sp³-hybridized carbons (Fsp3) is 0.200. The van der Waals surface area contributed by atoms with Crippen LogP contribution in [0.2, 0.25) is 0 Å². The number of halogens is 1. The molecule has 1 amide bonds. The average Bonchev–Trinajstić information content (AvgIpc) is 2.42. The van der Waals surface area contributed by atoms with E-state index < -0.39 is 0 Å². The number of nitrogens with zero attached hydrogens (tertiary/aromatic N) is 1. The van der Waals surface area contributed by atoms with Crippen LogP contribution in [0.3, 0.4) is 0 Å². The van der Waals surface area contributed by atoms with Crippen molar-refractivity contribution in [2.24, 2.45) is 0 Å². The highest BCUT2D eigenvalue weighted by Crippen LogP contribution is 2.25. The van der Waals surface area contributed by atoms with Crippen LogP contribution in [0.15, 0.2) is 34.8 Å². The standard InChI is InChI=1S/C15H16BrN3O/c1-9-7-11(16)8-10(2)14(9)19-15(20)12-5-4-6-13(17-3)18-12/h4-8H,1-3H3,(H,17,18)(H,19,20). The lowest BCUT2D eigenvalue weighted by atomic mass is 10.1. The van der Waals surface area contributed by atoms with Crippen LogP contribution in [0.5, 0.6) is 0 Å². The number of amides is 1. The van der Waals surface area contributed by atoms with E-state index in [1.807, 2.05) is 32.0 Å². The van der Waals surface area contributed by atoms with Crippen LogP contribution in [0, 0.1) is 13.8 Å². The van der Waals surface area contributed by atoms with E-state index in [-0.39, 0.29) is 5.91 Å². The summed E-state index contributed by atoms with van der Waals surface area (Å²) in [4.78, 5) is 16.5. The van der Waals surface area contributed by atoms with Crippen molar-refractivity contribution in [2.45, 2.75) is 13.8 Å². The minimum Gasteiger partial charge on any atom is -0.373 e. The van der Waals surface area contributed by atoms with Crippen molar-refractivity contribution >= 4 is 33.3 Å². The second-order valence-corrected chi connectivity index (χ2v) is 5.44. The average molecular weight is 334 g/mol. The van der Waals surface area contributed by atoms with Gasteiger partial charge in [-0.1, -0.05) is 22.0 Å². The van der Waals surface area contributed by atoms with E-state index in [2.05, 4.69) is 31.5 Å². The molecular formula is C15H16BrN3O. The van der Waals surface area contributed by atoms with Gasteiger partial charge in [0.1, 0.15) is 11.5 Å². The first-order valence-electron chi connectivity index (χ1n) is 6.24. The van der Waals surface area contributed by atoms with Gasteiger partial charge in [0.15, 0.2) is 0 Å². The molecular weight excluding hydrogens is 318 g/mol. The molecule has 0 atom stereocenters. The Hall–Kier alpha value is -1.88. The lowest BCUT2D eigenvalue weighted by molar-refractivity contribution is 0.102. The van der Waals surface area contributed by atoms with Crippen molar-refractivity contribution < 1.29 is 4.79 Å². The molecule has 0 fully saturated rings. The first-order chi connectivity index (χ1) is 9.51. The molecule has 0 radical (unpaired) electrons. The Balaban J connectivity index is 2.28. The van der Waals surface area contributed by atoms with Gasteiger partial charge >= 0.3 is 0 Å².